The number of ether oxygens (including phenoxy) is 2. The summed E-state index contributed by atoms with van der Waals surface area (Å²) in [7, 11) is 0. The number of carbonyl (C=O) groups is 1. The highest BCUT2D eigenvalue weighted by Crippen LogP contribution is 2.33. The van der Waals surface area contributed by atoms with Crippen LogP contribution in [0, 0.1) is 0 Å². The van der Waals surface area contributed by atoms with Gasteiger partial charge >= 0.3 is 0 Å². The Kier molecular flexibility index (Phi) is 4.27. The molecular formula is C19H17N3O4. The quantitative estimate of drug-likeness (QED) is 0.703. The molecular weight excluding hydrogens is 334 g/mol. The van der Waals surface area contributed by atoms with Crippen LogP contribution in [0.25, 0.3) is 11.4 Å². The summed E-state index contributed by atoms with van der Waals surface area (Å²) in [5.74, 6) is 1.97. The van der Waals surface area contributed by atoms with Gasteiger partial charge in [-0.15, -0.1) is 0 Å². The molecule has 0 aliphatic carbocycles. The number of aromatic nitrogens is 2. The molecule has 4 rings (SSSR count). The zero-order chi connectivity index (χ0) is 17.9. The van der Waals surface area contributed by atoms with Gasteiger partial charge in [0.15, 0.2) is 6.61 Å². The maximum Gasteiger partial charge on any atom is 0.265 e. The van der Waals surface area contributed by atoms with E-state index in [9.17, 15) is 4.79 Å². The van der Waals surface area contributed by atoms with Crippen LogP contribution in [0.2, 0.25) is 0 Å². The van der Waals surface area contributed by atoms with Crippen molar-refractivity contribution in [1.82, 2.24) is 10.1 Å². The van der Waals surface area contributed by atoms with E-state index in [4.69, 9.17) is 14.0 Å². The number of hydrogen-bond donors (Lipinski definition) is 0. The Balaban J connectivity index is 1.61. The van der Waals surface area contributed by atoms with Gasteiger partial charge in [0.2, 0.25) is 11.7 Å². The number of fused-ring (bicyclic) bond motifs is 1. The minimum absolute atomic E-state index is 0.00875. The molecule has 0 N–H and O–H groups in total. The van der Waals surface area contributed by atoms with Crippen LogP contribution in [0.3, 0.4) is 0 Å². The fourth-order valence-corrected chi connectivity index (χ4v) is 2.82. The second-order valence-electron chi connectivity index (χ2n) is 5.68. The van der Waals surface area contributed by atoms with Crippen LogP contribution >= 0.6 is 0 Å². The third kappa shape index (κ3) is 2.99. The average molecular weight is 351 g/mol. The van der Waals surface area contributed by atoms with E-state index in [-0.39, 0.29) is 19.1 Å². The summed E-state index contributed by atoms with van der Waals surface area (Å²) < 4.78 is 16.4. The standard InChI is InChI=1S/C19H17N3O4/c1-2-24-15-9-5-3-7-13(15)19-20-17(26-21-19)11-22-14-8-4-6-10-16(14)25-12-18(22)23/h3-10H,2,11-12H2,1H3. The van der Waals surface area contributed by atoms with Crippen LogP contribution in [0.15, 0.2) is 53.1 Å². The van der Waals surface area contributed by atoms with Gasteiger partial charge < -0.3 is 14.0 Å². The van der Waals surface area contributed by atoms with Crippen LogP contribution < -0.4 is 14.4 Å². The van der Waals surface area contributed by atoms with Crippen molar-refractivity contribution in [2.75, 3.05) is 18.1 Å². The molecule has 7 nitrogen and oxygen atoms in total. The summed E-state index contributed by atoms with van der Waals surface area (Å²) in [4.78, 5) is 18.3. The number of para-hydroxylation sites is 3. The topological polar surface area (TPSA) is 77.7 Å². The third-order valence-electron chi connectivity index (χ3n) is 4.00. The van der Waals surface area contributed by atoms with Gasteiger partial charge in [-0.05, 0) is 31.2 Å². The number of benzene rings is 2. The van der Waals surface area contributed by atoms with Crippen molar-refractivity contribution in [3.63, 3.8) is 0 Å². The van der Waals surface area contributed by atoms with Gasteiger partial charge in [-0.2, -0.15) is 4.98 Å². The lowest BCUT2D eigenvalue weighted by Gasteiger charge is -2.27. The lowest BCUT2D eigenvalue weighted by Crippen LogP contribution is -2.38. The second kappa shape index (κ2) is 6.87. The molecule has 132 valence electrons. The molecule has 2 heterocycles. The minimum atomic E-state index is -0.154. The number of amides is 1. The number of nitrogens with zero attached hydrogens (tertiary/aromatic N) is 3. The second-order valence-corrected chi connectivity index (χ2v) is 5.68. The van der Waals surface area contributed by atoms with Crippen molar-refractivity contribution >= 4 is 11.6 Å². The van der Waals surface area contributed by atoms with Gasteiger partial charge in [0, 0.05) is 0 Å². The van der Waals surface area contributed by atoms with E-state index < -0.39 is 0 Å². The van der Waals surface area contributed by atoms with E-state index in [0.717, 1.165) is 5.56 Å². The molecule has 0 bridgehead atoms. The molecule has 1 aliphatic rings. The zero-order valence-corrected chi connectivity index (χ0v) is 14.2. The highest BCUT2D eigenvalue weighted by atomic mass is 16.5. The summed E-state index contributed by atoms with van der Waals surface area (Å²) in [6.07, 6.45) is 0. The predicted octanol–water partition coefficient (Wildman–Crippen LogP) is 3.06. The molecule has 26 heavy (non-hydrogen) atoms. The van der Waals surface area contributed by atoms with Gasteiger partial charge in [-0.3, -0.25) is 9.69 Å². The van der Waals surface area contributed by atoms with E-state index >= 15 is 0 Å². The number of rotatable bonds is 5. The van der Waals surface area contributed by atoms with Crippen molar-refractivity contribution < 1.29 is 18.8 Å². The first-order chi connectivity index (χ1) is 12.8. The van der Waals surface area contributed by atoms with Crippen LogP contribution in [0.4, 0.5) is 5.69 Å². The van der Waals surface area contributed by atoms with Crippen molar-refractivity contribution in [3.8, 4) is 22.9 Å². The van der Waals surface area contributed by atoms with Gasteiger partial charge in [0.25, 0.3) is 5.91 Å². The van der Waals surface area contributed by atoms with Crippen molar-refractivity contribution in [2.24, 2.45) is 0 Å². The highest BCUT2D eigenvalue weighted by Gasteiger charge is 2.27. The van der Waals surface area contributed by atoms with Crippen molar-refractivity contribution in [1.29, 1.82) is 0 Å². The Morgan fingerprint density at radius 3 is 2.85 bits per heavy atom. The minimum Gasteiger partial charge on any atom is -0.493 e. The maximum atomic E-state index is 12.3. The fourth-order valence-electron chi connectivity index (χ4n) is 2.82. The number of carbonyl (C=O) groups excluding carboxylic acids is 1. The Morgan fingerprint density at radius 2 is 1.96 bits per heavy atom. The Hall–Kier alpha value is -3.35. The van der Waals surface area contributed by atoms with Crippen LogP contribution in [0.5, 0.6) is 11.5 Å². The van der Waals surface area contributed by atoms with E-state index in [1.165, 1.54) is 0 Å². The van der Waals surface area contributed by atoms with Crippen LogP contribution in [0.1, 0.15) is 12.8 Å². The average Bonchev–Trinajstić information content (AvgIpc) is 3.13. The summed E-state index contributed by atoms with van der Waals surface area (Å²) in [5.41, 5.74) is 1.44. The van der Waals surface area contributed by atoms with Crippen molar-refractivity contribution in [3.05, 3.63) is 54.4 Å². The molecule has 2 aromatic carbocycles. The predicted molar refractivity (Wildman–Crippen MR) is 94.0 cm³/mol. The Labute approximate surface area is 150 Å². The summed E-state index contributed by atoms with van der Waals surface area (Å²) in [5, 5.41) is 4.04. The van der Waals surface area contributed by atoms with Gasteiger partial charge in [0.1, 0.15) is 18.0 Å². The molecule has 3 aromatic rings. The first-order valence-corrected chi connectivity index (χ1v) is 8.33. The molecule has 7 heteroatoms. The summed E-state index contributed by atoms with van der Waals surface area (Å²) in [6, 6.07) is 14.9. The smallest absolute Gasteiger partial charge is 0.265 e. The highest BCUT2D eigenvalue weighted by molar-refractivity contribution is 5.97. The molecule has 0 spiro atoms. The van der Waals surface area contributed by atoms with Gasteiger partial charge in [-0.25, -0.2) is 0 Å². The lowest BCUT2D eigenvalue weighted by atomic mass is 10.2. The first-order valence-electron chi connectivity index (χ1n) is 8.33. The molecule has 0 radical (unpaired) electrons. The fraction of sp³-hybridized carbons (Fsp3) is 0.211. The lowest BCUT2D eigenvalue weighted by molar-refractivity contribution is -0.121. The molecule has 0 fully saturated rings. The van der Waals surface area contributed by atoms with Crippen LogP contribution in [-0.2, 0) is 11.3 Å². The maximum absolute atomic E-state index is 12.3. The molecule has 0 atom stereocenters. The molecule has 0 saturated heterocycles. The number of anilines is 1. The zero-order valence-electron chi connectivity index (χ0n) is 14.2. The van der Waals surface area contributed by atoms with E-state index in [1.807, 2.05) is 55.5 Å². The molecule has 0 saturated carbocycles. The van der Waals surface area contributed by atoms with Crippen molar-refractivity contribution in [2.45, 2.75) is 13.5 Å². The Bertz CT molecular complexity index is 938. The third-order valence-corrected chi connectivity index (χ3v) is 4.00. The Morgan fingerprint density at radius 1 is 1.15 bits per heavy atom. The first kappa shape index (κ1) is 16.1. The van der Waals surface area contributed by atoms with E-state index in [2.05, 4.69) is 10.1 Å². The largest absolute Gasteiger partial charge is 0.493 e. The van der Waals surface area contributed by atoms with Crippen LogP contribution in [-0.4, -0.2) is 29.3 Å². The normalized spacial score (nSPS) is 13.3. The summed E-state index contributed by atoms with van der Waals surface area (Å²) in [6.45, 7) is 2.63. The summed E-state index contributed by atoms with van der Waals surface area (Å²) >= 11 is 0. The molecule has 1 aliphatic heterocycles. The van der Waals surface area contributed by atoms with Gasteiger partial charge in [-0.1, -0.05) is 29.4 Å². The number of hydrogen-bond acceptors (Lipinski definition) is 6. The monoisotopic (exact) mass is 351 g/mol. The van der Waals surface area contributed by atoms with Gasteiger partial charge in [0.05, 0.1) is 17.9 Å². The SMILES string of the molecule is CCOc1ccccc1-c1noc(CN2C(=O)COc3ccccc32)n1. The molecule has 0 unspecified atom stereocenters. The molecule has 1 aromatic heterocycles. The van der Waals surface area contributed by atoms with E-state index in [1.54, 1.807) is 4.90 Å². The van der Waals surface area contributed by atoms with E-state index in [0.29, 0.717) is 35.5 Å². The molecule has 1 amide bonds.